The van der Waals surface area contributed by atoms with Crippen LogP contribution in [0.5, 0.6) is 0 Å². The van der Waals surface area contributed by atoms with Gasteiger partial charge in [0, 0.05) is 0 Å². The lowest BCUT2D eigenvalue weighted by Crippen LogP contribution is -2.50. The Hall–Kier alpha value is 0. The molecule has 6 fully saturated rings. The third kappa shape index (κ3) is 1.25. The predicted molar refractivity (Wildman–Crippen MR) is 69.5 cm³/mol. The van der Waals surface area contributed by atoms with Crippen LogP contribution < -0.4 is 0 Å². The Kier molecular flexibility index (Phi) is 1.81. The van der Waals surface area contributed by atoms with Crippen LogP contribution in [-0.4, -0.2) is 0 Å². The van der Waals surface area contributed by atoms with Gasteiger partial charge in [0.25, 0.3) is 0 Å². The van der Waals surface area contributed by atoms with E-state index in [-0.39, 0.29) is 0 Å². The normalized spacial score (nSPS) is 63.5. The van der Waals surface area contributed by atoms with Crippen molar-refractivity contribution in [3.05, 3.63) is 0 Å². The summed E-state index contributed by atoms with van der Waals surface area (Å²) in [6.45, 7) is 0. The zero-order chi connectivity index (χ0) is 11.0. The molecule has 6 saturated carbocycles. The fourth-order valence-corrected chi connectivity index (χ4v) is 7.63. The molecule has 6 rings (SSSR count). The number of fused-ring (bicyclic) bond motifs is 2. The Morgan fingerprint density at radius 2 is 1.24 bits per heavy atom. The van der Waals surface area contributed by atoms with E-state index in [1.807, 2.05) is 0 Å². The largest absolute Gasteiger partial charge is 0.0502 e. The molecule has 3 unspecified atom stereocenters. The van der Waals surface area contributed by atoms with E-state index in [1.165, 1.54) is 29.6 Å². The van der Waals surface area contributed by atoms with E-state index in [2.05, 4.69) is 0 Å². The van der Waals surface area contributed by atoms with Crippen molar-refractivity contribution < 1.29 is 0 Å². The molecule has 0 aromatic heterocycles. The van der Waals surface area contributed by atoms with E-state index in [4.69, 9.17) is 0 Å². The molecular formula is C17H26. The van der Waals surface area contributed by atoms with Crippen LogP contribution in [0.2, 0.25) is 0 Å². The van der Waals surface area contributed by atoms with Crippen molar-refractivity contribution in [2.45, 2.75) is 64.2 Å². The maximum atomic E-state index is 1.66. The van der Waals surface area contributed by atoms with E-state index in [0.29, 0.717) is 0 Å². The minimum Gasteiger partial charge on any atom is -0.0502 e. The smallest absolute Gasteiger partial charge is 0.0259 e. The summed E-state index contributed by atoms with van der Waals surface area (Å²) < 4.78 is 0. The van der Waals surface area contributed by atoms with Gasteiger partial charge < -0.3 is 0 Å². The molecule has 0 N–H and O–H groups in total. The summed E-state index contributed by atoms with van der Waals surface area (Å²) in [6, 6.07) is 0. The fraction of sp³-hybridized carbons (Fsp3) is 1.00. The van der Waals surface area contributed by atoms with Gasteiger partial charge in [-0.25, -0.2) is 0 Å². The second-order valence-corrected chi connectivity index (χ2v) is 8.56. The fourth-order valence-electron chi connectivity index (χ4n) is 7.63. The van der Waals surface area contributed by atoms with E-state index in [0.717, 1.165) is 11.3 Å². The van der Waals surface area contributed by atoms with Crippen LogP contribution in [0.3, 0.4) is 0 Å². The number of hydrogen-bond donors (Lipinski definition) is 0. The van der Waals surface area contributed by atoms with Gasteiger partial charge in [-0.3, -0.25) is 0 Å². The van der Waals surface area contributed by atoms with Gasteiger partial charge in [0.15, 0.2) is 0 Å². The molecule has 0 aromatic carbocycles. The van der Waals surface area contributed by atoms with Crippen LogP contribution in [0.15, 0.2) is 0 Å². The molecule has 6 bridgehead atoms. The summed E-state index contributed by atoms with van der Waals surface area (Å²) in [5, 5.41) is 0. The Bertz CT molecular complexity index is 307. The molecule has 94 valence electrons. The first-order valence-electron chi connectivity index (χ1n) is 8.31. The van der Waals surface area contributed by atoms with Crippen LogP contribution in [0.1, 0.15) is 64.2 Å². The molecular weight excluding hydrogens is 204 g/mol. The first-order chi connectivity index (χ1) is 8.31. The number of hydrogen-bond acceptors (Lipinski definition) is 0. The standard InChI is InChI=1S/C17H26/c1-2-15-6-11(1)7-16(15)17-8-12-3-13(9-17)5-14(4-12)10-17/h11-16H,1-10H2. The monoisotopic (exact) mass is 230 g/mol. The van der Waals surface area contributed by atoms with Gasteiger partial charge in [-0.05, 0) is 98.7 Å². The summed E-state index contributed by atoms with van der Waals surface area (Å²) in [6.07, 6.45) is 16.3. The van der Waals surface area contributed by atoms with Crippen molar-refractivity contribution in [1.82, 2.24) is 0 Å². The van der Waals surface area contributed by atoms with E-state index >= 15 is 0 Å². The molecule has 0 saturated heterocycles. The zero-order valence-electron chi connectivity index (χ0n) is 11.0. The van der Waals surface area contributed by atoms with Crippen LogP contribution in [0.4, 0.5) is 0 Å². The molecule has 0 nitrogen and oxygen atoms in total. The Labute approximate surface area is 106 Å². The van der Waals surface area contributed by atoms with Crippen LogP contribution in [0, 0.1) is 40.9 Å². The second kappa shape index (κ2) is 3.11. The highest BCUT2D eigenvalue weighted by Gasteiger charge is 2.58. The summed E-state index contributed by atoms with van der Waals surface area (Å²) in [4.78, 5) is 0. The third-order valence-electron chi connectivity index (χ3n) is 7.61. The van der Waals surface area contributed by atoms with Crippen molar-refractivity contribution in [3.63, 3.8) is 0 Å². The molecule has 0 amide bonds. The molecule has 6 aliphatic carbocycles. The first kappa shape index (κ1) is 9.87. The molecule has 17 heavy (non-hydrogen) atoms. The van der Waals surface area contributed by atoms with Crippen molar-refractivity contribution in [2.24, 2.45) is 40.9 Å². The lowest BCUT2D eigenvalue weighted by molar-refractivity contribution is -0.0996. The molecule has 0 radical (unpaired) electrons. The van der Waals surface area contributed by atoms with E-state index in [9.17, 15) is 0 Å². The molecule has 6 aliphatic rings. The van der Waals surface area contributed by atoms with Crippen LogP contribution in [0.25, 0.3) is 0 Å². The van der Waals surface area contributed by atoms with Gasteiger partial charge in [0.05, 0.1) is 0 Å². The van der Waals surface area contributed by atoms with Gasteiger partial charge in [0.1, 0.15) is 0 Å². The van der Waals surface area contributed by atoms with Gasteiger partial charge in [-0.1, -0.05) is 6.42 Å². The predicted octanol–water partition coefficient (Wildman–Crippen LogP) is 4.64. The average Bonchev–Trinajstić information content (AvgIpc) is 2.88. The van der Waals surface area contributed by atoms with Gasteiger partial charge >= 0.3 is 0 Å². The molecule has 0 heteroatoms. The molecule has 0 aromatic rings. The summed E-state index contributed by atoms with van der Waals surface area (Å²) in [5.74, 6) is 7.03. The van der Waals surface area contributed by atoms with Crippen molar-refractivity contribution in [1.29, 1.82) is 0 Å². The SMILES string of the molecule is C1CC2CC1CC2C12CC3CC(CC(C3)C1)C2. The van der Waals surface area contributed by atoms with Crippen molar-refractivity contribution >= 4 is 0 Å². The molecule has 3 atom stereocenters. The van der Waals surface area contributed by atoms with Gasteiger partial charge in [0.2, 0.25) is 0 Å². The summed E-state index contributed by atoms with van der Waals surface area (Å²) in [7, 11) is 0. The molecule has 0 heterocycles. The van der Waals surface area contributed by atoms with Gasteiger partial charge in [-0.15, -0.1) is 0 Å². The Morgan fingerprint density at radius 1 is 0.588 bits per heavy atom. The van der Waals surface area contributed by atoms with Crippen molar-refractivity contribution in [3.8, 4) is 0 Å². The minimum atomic E-state index is 0.884. The Morgan fingerprint density at radius 3 is 1.71 bits per heavy atom. The van der Waals surface area contributed by atoms with Crippen molar-refractivity contribution in [2.75, 3.05) is 0 Å². The maximum Gasteiger partial charge on any atom is -0.0259 e. The first-order valence-corrected chi connectivity index (χ1v) is 8.31. The maximum absolute atomic E-state index is 1.66. The Balaban J connectivity index is 1.50. The van der Waals surface area contributed by atoms with Gasteiger partial charge in [-0.2, -0.15) is 0 Å². The van der Waals surface area contributed by atoms with E-state index in [1.54, 1.807) is 64.2 Å². The second-order valence-electron chi connectivity index (χ2n) is 8.56. The van der Waals surface area contributed by atoms with Crippen LogP contribution >= 0.6 is 0 Å². The highest BCUT2D eigenvalue weighted by molar-refractivity contribution is 5.08. The lowest BCUT2D eigenvalue weighted by Gasteiger charge is -2.60. The number of rotatable bonds is 1. The minimum absolute atomic E-state index is 0.884. The average molecular weight is 230 g/mol. The zero-order valence-corrected chi connectivity index (χ0v) is 11.0. The molecule has 0 spiro atoms. The lowest BCUT2D eigenvalue weighted by atomic mass is 9.45. The topological polar surface area (TPSA) is 0 Å². The summed E-state index contributed by atoms with van der Waals surface area (Å²) in [5.41, 5.74) is 0.884. The quantitative estimate of drug-likeness (QED) is 0.615. The third-order valence-corrected chi connectivity index (χ3v) is 7.61. The highest BCUT2D eigenvalue weighted by Crippen LogP contribution is 2.68. The summed E-state index contributed by atoms with van der Waals surface area (Å²) >= 11 is 0. The van der Waals surface area contributed by atoms with E-state index < -0.39 is 0 Å². The van der Waals surface area contributed by atoms with Crippen LogP contribution in [-0.2, 0) is 0 Å². The highest BCUT2D eigenvalue weighted by atomic mass is 14.6. The molecule has 0 aliphatic heterocycles.